The van der Waals surface area contributed by atoms with E-state index in [1.54, 1.807) is 0 Å². The van der Waals surface area contributed by atoms with E-state index in [2.05, 4.69) is 41.5 Å². The number of esters is 1. The summed E-state index contributed by atoms with van der Waals surface area (Å²) in [5, 5.41) is 4.32. The first-order valence-electron chi connectivity index (χ1n) is 5.28. The van der Waals surface area contributed by atoms with Gasteiger partial charge in [-0.3, -0.25) is 4.68 Å². The normalized spacial score (nSPS) is 18.0. The third-order valence-electron chi connectivity index (χ3n) is 3.02. The SMILES string of the molecule is COC(=O)c1nn2c(c1I)CC(C)(C)CC2. The first-order valence-corrected chi connectivity index (χ1v) is 6.36. The lowest BCUT2D eigenvalue weighted by Crippen LogP contribution is -2.26. The molecule has 16 heavy (non-hydrogen) atoms. The Morgan fingerprint density at radius 3 is 2.88 bits per heavy atom. The van der Waals surface area contributed by atoms with E-state index in [0.29, 0.717) is 11.1 Å². The van der Waals surface area contributed by atoms with Crippen molar-refractivity contribution in [3.05, 3.63) is 15.0 Å². The second-order valence-electron chi connectivity index (χ2n) is 4.91. The maximum atomic E-state index is 11.5. The highest BCUT2D eigenvalue weighted by Gasteiger charge is 2.31. The number of ether oxygens (including phenoxy) is 1. The van der Waals surface area contributed by atoms with Crippen molar-refractivity contribution in [2.75, 3.05) is 7.11 Å². The van der Waals surface area contributed by atoms with Crippen molar-refractivity contribution in [1.29, 1.82) is 0 Å². The molecule has 0 aromatic carbocycles. The summed E-state index contributed by atoms with van der Waals surface area (Å²) in [5.74, 6) is -0.343. The Bertz CT molecular complexity index is 437. The van der Waals surface area contributed by atoms with Crippen molar-refractivity contribution < 1.29 is 9.53 Å². The number of nitrogens with zero attached hydrogens (tertiary/aromatic N) is 2. The molecular weight excluding hydrogens is 319 g/mol. The molecule has 1 aliphatic rings. The maximum absolute atomic E-state index is 11.5. The van der Waals surface area contributed by atoms with Crippen molar-refractivity contribution in [3.8, 4) is 0 Å². The number of hydrogen-bond donors (Lipinski definition) is 0. The molecule has 5 heteroatoms. The van der Waals surface area contributed by atoms with Gasteiger partial charge in [0.1, 0.15) is 0 Å². The summed E-state index contributed by atoms with van der Waals surface area (Å²) >= 11 is 2.19. The van der Waals surface area contributed by atoms with Crippen LogP contribution in [-0.2, 0) is 17.7 Å². The smallest absolute Gasteiger partial charge is 0.359 e. The molecule has 1 aromatic rings. The van der Waals surface area contributed by atoms with Gasteiger partial charge >= 0.3 is 5.97 Å². The van der Waals surface area contributed by atoms with Gasteiger partial charge in [-0.25, -0.2) is 4.79 Å². The average molecular weight is 334 g/mol. The number of aromatic nitrogens is 2. The molecule has 1 aliphatic heterocycles. The van der Waals surface area contributed by atoms with E-state index in [-0.39, 0.29) is 5.97 Å². The fourth-order valence-corrected chi connectivity index (χ4v) is 2.80. The van der Waals surface area contributed by atoms with Gasteiger partial charge in [-0.15, -0.1) is 0 Å². The predicted octanol–water partition coefficient (Wildman–Crippen LogP) is 2.25. The zero-order valence-electron chi connectivity index (χ0n) is 9.71. The van der Waals surface area contributed by atoms with Crippen LogP contribution in [0.1, 0.15) is 36.5 Å². The number of carbonyl (C=O) groups is 1. The van der Waals surface area contributed by atoms with E-state index in [0.717, 1.165) is 28.7 Å². The molecule has 2 rings (SSSR count). The molecule has 0 bridgehead atoms. The van der Waals surface area contributed by atoms with Gasteiger partial charge in [0.15, 0.2) is 5.69 Å². The van der Waals surface area contributed by atoms with Gasteiger partial charge in [0.25, 0.3) is 0 Å². The molecule has 0 unspecified atom stereocenters. The third-order valence-corrected chi connectivity index (χ3v) is 4.15. The van der Waals surface area contributed by atoms with Crippen molar-refractivity contribution in [2.24, 2.45) is 5.41 Å². The van der Waals surface area contributed by atoms with E-state index in [1.165, 1.54) is 7.11 Å². The molecule has 0 fully saturated rings. The van der Waals surface area contributed by atoms with Crippen molar-refractivity contribution in [2.45, 2.75) is 33.2 Å². The highest BCUT2D eigenvalue weighted by molar-refractivity contribution is 14.1. The standard InChI is InChI=1S/C11H15IN2O2/c1-11(2)4-5-14-7(6-11)8(12)9(13-14)10(15)16-3/h4-6H2,1-3H3. The number of hydrogen-bond acceptors (Lipinski definition) is 3. The number of fused-ring (bicyclic) bond motifs is 1. The highest BCUT2D eigenvalue weighted by atomic mass is 127. The molecule has 4 nitrogen and oxygen atoms in total. The Labute approximate surface area is 108 Å². The Morgan fingerprint density at radius 2 is 2.25 bits per heavy atom. The van der Waals surface area contributed by atoms with Crippen LogP contribution in [0.5, 0.6) is 0 Å². The summed E-state index contributed by atoms with van der Waals surface area (Å²) in [6.07, 6.45) is 2.06. The lowest BCUT2D eigenvalue weighted by molar-refractivity contribution is 0.0591. The highest BCUT2D eigenvalue weighted by Crippen LogP contribution is 2.34. The number of methoxy groups -OCH3 is 1. The predicted molar refractivity (Wildman–Crippen MR) is 68.4 cm³/mol. The molecule has 88 valence electrons. The Morgan fingerprint density at radius 1 is 1.56 bits per heavy atom. The van der Waals surface area contributed by atoms with Gasteiger partial charge in [0.2, 0.25) is 0 Å². The van der Waals surface area contributed by atoms with Gasteiger partial charge in [-0.05, 0) is 40.8 Å². The number of rotatable bonds is 1. The summed E-state index contributed by atoms with van der Waals surface area (Å²) in [6, 6.07) is 0. The molecular formula is C11H15IN2O2. The fraction of sp³-hybridized carbons (Fsp3) is 0.636. The number of aryl methyl sites for hydroxylation is 1. The molecule has 0 saturated heterocycles. The van der Waals surface area contributed by atoms with E-state index in [9.17, 15) is 4.79 Å². The second kappa shape index (κ2) is 4.01. The largest absolute Gasteiger partial charge is 0.464 e. The van der Waals surface area contributed by atoms with Gasteiger partial charge in [-0.2, -0.15) is 5.10 Å². The van der Waals surface area contributed by atoms with Crippen molar-refractivity contribution in [3.63, 3.8) is 0 Å². The van der Waals surface area contributed by atoms with Crippen LogP contribution < -0.4 is 0 Å². The zero-order valence-corrected chi connectivity index (χ0v) is 11.9. The van der Waals surface area contributed by atoms with Crippen molar-refractivity contribution >= 4 is 28.6 Å². The maximum Gasteiger partial charge on any atom is 0.359 e. The molecule has 0 N–H and O–H groups in total. The summed E-state index contributed by atoms with van der Waals surface area (Å²) in [4.78, 5) is 11.5. The van der Waals surface area contributed by atoms with Crippen LogP contribution >= 0.6 is 22.6 Å². The lowest BCUT2D eigenvalue weighted by Gasteiger charge is -2.30. The summed E-state index contributed by atoms with van der Waals surface area (Å²) in [7, 11) is 1.39. The molecule has 0 aliphatic carbocycles. The van der Waals surface area contributed by atoms with Gasteiger partial charge in [0.05, 0.1) is 16.4 Å². The van der Waals surface area contributed by atoms with Crippen molar-refractivity contribution in [1.82, 2.24) is 9.78 Å². The van der Waals surface area contributed by atoms with E-state index in [1.807, 2.05) is 4.68 Å². The van der Waals surface area contributed by atoms with E-state index < -0.39 is 0 Å². The molecule has 0 spiro atoms. The number of carbonyl (C=O) groups excluding carboxylic acids is 1. The summed E-state index contributed by atoms with van der Waals surface area (Å²) in [5.41, 5.74) is 1.91. The second-order valence-corrected chi connectivity index (χ2v) is 5.99. The first-order chi connectivity index (χ1) is 7.44. The first kappa shape index (κ1) is 11.9. The Balaban J connectivity index is 2.42. The van der Waals surface area contributed by atoms with Crippen LogP contribution in [0, 0.1) is 8.99 Å². The van der Waals surface area contributed by atoms with Crippen LogP contribution in [0.4, 0.5) is 0 Å². The Hall–Kier alpha value is -0.590. The van der Waals surface area contributed by atoms with Gasteiger partial charge in [-0.1, -0.05) is 13.8 Å². The minimum Gasteiger partial charge on any atom is -0.464 e. The van der Waals surface area contributed by atoms with E-state index >= 15 is 0 Å². The topological polar surface area (TPSA) is 44.1 Å². The lowest BCUT2D eigenvalue weighted by atomic mass is 9.82. The Kier molecular flexibility index (Phi) is 2.98. The fourth-order valence-electron chi connectivity index (χ4n) is 2.01. The zero-order chi connectivity index (χ0) is 11.9. The summed E-state index contributed by atoms with van der Waals surface area (Å²) < 4.78 is 7.61. The average Bonchev–Trinajstić information content (AvgIpc) is 2.54. The molecule has 1 aromatic heterocycles. The molecule has 2 heterocycles. The quantitative estimate of drug-likeness (QED) is 0.584. The minimum absolute atomic E-state index is 0.295. The molecule has 0 amide bonds. The minimum atomic E-state index is -0.343. The monoisotopic (exact) mass is 334 g/mol. The van der Waals surface area contributed by atoms with E-state index in [4.69, 9.17) is 4.74 Å². The van der Waals surface area contributed by atoms with Gasteiger partial charge in [0, 0.05) is 6.54 Å². The number of halogens is 1. The van der Waals surface area contributed by atoms with Crippen LogP contribution in [0.2, 0.25) is 0 Å². The molecule has 0 atom stereocenters. The summed E-state index contributed by atoms with van der Waals surface area (Å²) in [6.45, 7) is 5.38. The molecule has 0 radical (unpaired) electrons. The van der Waals surface area contributed by atoms with Crippen LogP contribution in [0.3, 0.4) is 0 Å². The van der Waals surface area contributed by atoms with Gasteiger partial charge < -0.3 is 4.74 Å². The van der Waals surface area contributed by atoms with Crippen LogP contribution in [-0.4, -0.2) is 22.9 Å². The van der Waals surface area contributed by atoms with Crippen LogP contribution in [0.15, 0.2) is 0 Å². The third kappa shape index (κ3) is 1.97. The molecule has 0 saturated carbocycles. The van der Waals surface area contributed by atoms with Crippen LogP contribution in [0.25, 0.3) is 0 Å².